The highest BCUT2D eigenvalue weighted by atomic mass is 16.7. The molecular weight excluding hydrogens is 312 g/mol. The van der Waals surface area contributed by atoms with E-state index in [0.29, 0.717) is 44.3 Å². The molecule has 2 aliphatic rings. The molecule has 0 aromatic heterocycles. The van der Waals surface area contributed by atoms with Crippen molar-refractivity contribution in [3.8, 4) is 0 Å². The summed E-state index contributed by atoms with van der Waals surface area (Å²) in [7, 11) is 0. The molecule has 2 fully saturated rings. The molecule has 1 aromatic rings. The number of guanidine groups is 1. The second kappa shape index (κ2) is 6.96. The first-order valence-electron chi connectivity index (χ1n) is 7.99. The van der Waals surface area contributed by atoms with Crippen LogP contribution >= 0.6 is 0 Å². The summed E-state index contributed by atoms with van der Waals surface area (Å²) in [6.45, 7) is 4.97. The van der Waals surface area contributed by atoms with Gasteiger partial charge in [0.2, 0.25) is 0 Å². The number of ether oxygens (including phenoxy) is 1. The van der Waals surface area contributed by atoms with E-state index in [2.05, 4.69) is 12.0 Å². The molecule has 0 saturated carbocycles. The van der Waals surface area contributed by atoms with Crippen LogP contribution < -0.4 is 0 Å². The average Bonchev–Trinajstić information content (AvgIpc) is 3.15. The van der Waals surface area contributed by atoms with E-state index in [-0.39, 0.29) is 17.8 Å². The molecule has 24 heavy (non-hydrogen) atoms. The van der Waals surface area contributed by atoms with Crippen molar-refractivity contribution in [3.63, 3.8) is 0 Å². The molecule has 8 heteroatoms. The van der Waals surface area contributed by atoms with Gasteiger partial charge >= 0.3 is 0 Å². The zero-order valence-corrected chi connectivity index (χ0v) is 13.5. The summed E-state index contributed by atoms with van der Waals surface area (Å²) in [5, 5.41) is 13.7. The van der Waals surface area contributed by atoms with Gasteiger partial charge in [0, 0.05) is 37.7 Å². The number of carbonyl (C=O) groups excluding carboxylic acids is 1. The van der Waals surface area contributed by atoms with Crippen molar-refractivity contribution in [2.45, 2.75) is 6.92 Å². The van der Waals surface area contributed by atoms with E-state index in [0.717, 1.165) is 0 Å². The third-order valence-corrected chi connectivity index (χ3v) is 4.53. The molecule has 2 unspecified atom stereocenters. The van der Waals surface area contributed by atoms with Gasteiger partial charge in [-0.25, -0.2) is 10.1 Å². The molecule has 1 amide bonds. The Balaban J connectivity index is 1.80. The van der Waals surface area contributed by atoms with Crippen LogP contribution in [0.15, 0.2) is 35.4 Å². The van der Waals surface area contributed by atoms with Gasteiger partial charge in [0.25, 0.3) is 11.9 Å². The molecule has 2 heterocycles. The van der Waals surface area contributed by atoms with Gasteiger partial charge in [-0.15, -0.1) is 0 Å². The van der Waals surface area contributed by atoms with E-state index in [1.54, 1.807) is 24.3 Å². The largest absolute Gasteiger partial charge is 0.381 e. The zero-order valence-electron chi connectivity index (χ0n) is 13.5. The lowest BCUT2D eigenvalue weighted by molar-refractivity contribution is -0.486. The Labute approximate surface area is 139 Å². The summed E-state index contributed by atoms with van der Waals surface area (Å²) < 4.78 is 5.46. The number of benzene rings is 1. The third-order valence-electron chi connectivity index (χ3n) is 4.53. The second-order valence-corrected chi connectivity index (χ2v) is 6.18. The summed E-state index contributed by atoms with van der Waals surface area (Å²) in [4.78, 5) is 26.8. The smallest absolute Gasteiger partial charge is 0.281 e. The summed E-state index contributed by atoms with van der Waals surface area (Å²) in [6, 6.07) is 8.75. The average molecular weight is 332 g/mol. The van der Waals surface area contributed by atoms with Gasteiger partial charge in [0.05, 0.1) is 6.61 Å². The number of nitro groups is 1. The van der Waals surface area contributed by atoms with Crippen molar-refractivity contribution in [2.24, 2.45) is 16.9 Å². The molecule has 2 atom stereocenters. The monoisotopic (exact) mass is 332 g/mol. The van der Waals surface area contributed by atoms with Crippen LogP contribution in [0, 0.1) is 22.0 Å². The van der Waals surface area contributed by atoms with E-state index >= 15 is 0 Å². The van der Waals surface area contributed by atoms with Gasteiger partial charge in [-0.1, -0.05) is 25.1 Å². The van der Waals surface area contributed by atoms with E-state index in [9.17, 15) is 14.9 Å². The Kier molecular flexibility index (Phi) is 4.75. The lowest BCUT2D eigenvalue weighted by Gasteiger charge is -2.23. The first kappa shape index (κ1) is 16.4. The predicted octanol–water partition coefficient (Wildman–Crippen LogP) is 1.27. The Bertz CT molecular complexity index is 649. The number of rotatable bonds is 4. The van der Waals surface area contributed by atoms with Gasteiger partial charge in [-0.2, -0.15) is 0 Å². The Morgan fingerprint density at radius 1 is 1.33 bits per heavy atom. The molecule has 3 rings (SSSR count). The molecule has 0 radical (unpaired) electrons. The molecule has 8 nitrogen and oxygen atoms in total. The van der Waals surface area contributed by atoms with Crippen molar-refractivity contribution >= 4 is 11.9 Å². The fourth-order valence-corrected chi connectivity index (χ4v) is 3.10. The predicted molar refractivity (Wildman–Crippen MR) is 87.0 cm³/mol. The van der Waals surface area contributed by atoms with Gasteiger partial charge in [-0.3, -0.25) is 9.69 Å². The molecule has 0 spiro atoms. The molecule has 0 aliphatic carbocycles. The maximum Gasteiger partial charge on any atom is 0.281 e. The van der Waals surface area contributed by atoms with Gasteiger partial charge in [0.1, 0.15) is 5.10 Å². The van der Waals surface area contributed by atoms with Crippen LogP contribution in [0.25, 0.3) is 0 Å². The van der Waals surface area contributed by atoms with Crippen molar-refractivity contribution in [1.82, 2.24) is 9.80 Å². The minimum atomic E-state index is -0.743. The van der Waals surface area contributed by atoms with Gasteiger partial charge < -0.3 is 9.64 Å². The molecule has 1 aromatic carbocycles. The van der Waals surface area contributed by atoms with Crippen molar-refractivity contribution < 1.29 is 14.6 Å². The first-order chi connectivity index (χ1) is 11.6. The SMILES string of the molecule is CC1COCC1CN1CCN(C(=O)c2ccccc2)C1=N[N+](=O)[O-]. The van der Waals surface area contributed by atoms with Crippen LogP contribution in [0.5, 0.6) is 0 Å². The van der Waals surface area contributed by atoms with E-state index in [1.807, 2.05) is 11.0 Å². The summed E-state index contributed by atoms with van der Waals surface area (Å²) in [6.07, 6.45) is 0. The molecule has 2 saturated heterocycles. The zero-order chi connectivity index (χ0) is 17.1. The van der Waals surface area contributed by atoms with Crippen LogP contribution in [-0.4, -0.2) is 59.5 Å². The third kappa shape index (κ3) is 3.38. The standard InChI is InChI=1S/C16H20N4O4/c1-12-10-24-11-14(12)9-18-7-8-19(16(18)17-20(22)23)15(21)13-5-3-2-4-6-13/h2-6,12,14H,7-11H2,1H3. The molecule has 2 aliphatic heterocycles. The lowest BCUT2D eigenvalue weighted by Crippen LogP contribution is -2.41. The van der Waals surface area contributed by atoms with Crippen LogP contribution in [-0.2, 0) is 4.74 Å². The number of carbonyl (C=O) groups is 1. The normalized spacial score (nSPS) is 25.5. The number of hydrogen-bond acceptors (Lipinski definition) is 4. The van der Waals surface area contributed by atoms with Crippen molar-refractivity contribution in [1.29, 1.82) is 0 Å². The summed E-state index contributed by atoms with van der Waals surface area (Å²) >= 11 is 0. The minimum Gasteiger partial charge on any atom is -0.381 e. The molecule has 128 valence electrons. The highest BCUT2D eigenvalue weighted by molar-refractivity contribution is 6.06. The topological polar surface area (TPSA) is 88.3 Å². The maximum absolute atomic E-state index is 12.7. The Morgan fingerprint density at radius 3 is 2.71 bits per heavy atom. The number of amides is 1. The summed E-state index contributed by atoms with van der Waals surface area (Å²) in [5.41, 5.74) is 0.493. The van der Waals surface area contributed by atoms with E-state index < -0.39 is 5.03 Å². The Hall–Kier alpha value is -2.48. The van der Waals surface area contributed by atoms with E-state index in [4.69, 9.17) is 4.74 Å². The molecule has 0 bridgehead atoms. The molecule has 0 N–H and O–H groups in total. The lowest BCUT2D eigenvalue weighted by atomic mass is 9.98. The number of hydrogen-bond donors (Lipinski definition) is 0. The Morgan fingerprint density at radius 2 is 2.08 bits per heavy atom. The fraction of sp³-hybridized carbons (Fsp3) is 0.500. The number of hydrazone groups is 1. The van der Waals surface area contributed by atoms with E-state index in [1.165, 1.54) is 4.90 Å². The maximum atomic E-state index is 12.7. The van der Waals surface area contributed by atoms with Crippen molar-refractivity contribution in [3.05, 3.63) is 46.0 Å². The number of nitrogens with zero attached hydrogens (tertiary/aromatic N) is 4. The second-order valence-electron chi connectivity index (χ2n) is 6.18. The van der Waals surface area contributed by atoms with Gasteiger partial charge in [-0.05, 0) is 18.1 Å². The first-order valence-corrected chi connectivity index (χ1v) is 7.99. The molecular formula is C16H20N4O4. The highest BCUT2D eigenvalue weighted by Gasteiger charge is 2.37. The van der Waals surface area contributed by atoms with Crippen LogP contribution in [0.1, 0.15) is 17.3 Å². The quantitative estimate of drug-likeness (QED) is 0.612. The van der Waals surface area contributed by atoms with Crippen LogP contribution in [0.3, 0.4) is 0 Å². The van der Waals surface area contributed by atoms with Crippen LogP contribution in [0.4, 0.5) is 0 Å². The van der Waals surface area contributed by atoms with Gasteiger partial charge in [0.15, 0.2) is 5.03 Å². The van der Waals surface area contributed by atoms with Crippen LogP contribution in [0.2, 0.25) is 0 Å². The fourth-order valence-electron chi connectivity index (χ4n) is 3.10. The van der Waals surface area contributed by atoms with Crippen molar-refractivity contribution in [2.75, 3.05) is 32.8 Å². The minimum absolute atomic E-state index is 0.118. The summed E-state index contributed by atoms with van der Waals surface area (Å²) in [5.74, 6) is 0.525. The highest BCUT2D eigenvalue weighted by Crippen LogP contribution is 2.23.